The maximum atomic E-state index is 11.9. The highest BCUT2D eigenvalue weighted by Crippen LogP contribution is 2.34. The van der Waals surface area contributed by atoms with Gasteiger partial charge in [-0.1, -0.05) is 36.6 Å². The van der Waals surface area contributed by atoms with Crippen molar-refractivity contribution in [3.8, 4) is 0 Å². The lowest BCUT2D eigenvalue weighted by atomic mass is 9.91. The van der Waals surface area contributed by atoms with Gasteiger partial charge in [0.15, 0.2) is 6.29 Å². The molecule has 0 radical (unpaired) electrons. The number of pyridine rings is 1. The van der Waals surface area contributed by atoms with Crippen molar-refractivity contribution in [1.82, 2.24) is 10.3 Å². The molecule has 5 N–H and O–H groups in total. The molecule has 2 aromatic rings. The first-order valence-electron chi connectivity index (χ1n) is 9.71. The van der Waals surface area contributed by atoms with Gasteiger partial charge < -0.3 is 21.7 Å². The predicted octanol–water partition coefficient (Wildman–Crippen LogP) is 4.00. The van der Waals surface area contributed by atoms with Crippen LogP contribution in [-0.4, -0.2) is 30.4 Å². The van der Waals surface area contributed by atoms with Crippen LogP contribution >= 0.6 is 11.6 Å². The van der Waals surface area contributed by atoms with Crippen LogP contribution in [0.4, 0.5) is 17.3 Å². The number of nitrogens with one attached hydrogen (secondary N) is 3. The number of hydrogen-bond donors (Lipinski definition) is 4. The van der Waals surface area contributed by atoms with Crippen molar-refractivity contribution >= 4 is 35.2 Å². The van der Waals surface area contributed by atoms with Crippen molar-refractivity contribution in [3.63, 3.8) is 0 Å². The molecule has 0 spiro atoms. The number of carbonyl (C=O) groups is 1. The van der Waals surface area contributed by atoms with Crippen molar-refractivity contribution in [3.05, 3.63) is 46.0 Å². The van der Waals surface area contributed by atoms with Gasteiger partial charge in [-0.15, -0.1) is 0 Å². The highest BCUT2D eigenvalue weighted by atomic mass is 35.5. The fraction of sp³-hybridized carbons (Fsp3) is 0.429. The van der Waals surface area contributed by atoms with Crippen molar-refractivity contribution in [2.45, 2.75) is 51.2 Å². The van der Waals surface area contributed by atoms with Gasteiger partial charge in [0.05, 0.1) is 10.6 Å². The van der Waals surface area contributed by atoms with Gasteiger partial charge in [0, 0.05) is 29.9 Å². The maximum Gasteiger partial charge on any atom is 0.154 e. The summed E-state index contributed by atoms with van der Waals surface area (Å²) in [5.74, 6) is 1.05. The highest BCUT2D eigenvalue weighted by Gasteiger charge is 2.25. The van der Waals surface area contributed by atoms with Crippen LogP contribution in [0.15, 0.2) is 24.3 Å². The number of aromatic nitrogens is 1. The Morgan fingerprint density at radius 1 is 1.29 bits per heavy atom. The van der Waals surface area contributed by atoms with Crippen LogP contribution in [0, 0.1) is 6.92 Å². The Labute approximate surface area is 171 Å². The molecule has 150 valence electrons. The third-order valence-corrected chi connectivity index (χ3v) is 5.58. The van der Waals surface area contributed by atoms with Crippen molar-refractivity contribution in [2.75, 3.05) is 17.7 Å². The lowest BCUT2D eigenvalue weighted by Gasteiger charge is -2.30. The minimum atomic E-state index is 0.0679. The number of aryl methyl sites for hydroxylation is 1. The quantitative estimate of drug-likeness (QED) is 0.524. The molecule has 1 fully saturated rings. The molecule has 1 aromatic carbocycles. The van der Waals surface area contributed by atoms with Crippen LogP contribution in [0.1, 0.15) is 47.2 Å². The summed E-state index contributed by atoms with van der Waals surface area (Å²) in [6.45, 7) is 2.48. The summed E-state index contributed by atoms with van der Waals surface area (Å²) in [5.41, 5.74) is 9.46. The van der Waals surface area contributed by atoms with E-state index in [-0.39, 0.29) is 12.1 Å². The first kappa shape index (κ1) is 20.6. The van der Waals surface area contributed by atoms with E-state index in [4.69, 9.17) is 17.3 Å². The van der Waals surface area contributed by atoms with Gasteiger partial charge in [-0.05, 0) is 44.5 Å². The molecule has 0 amide bonds. The molecule has 0 aliphatic heterocycles. The van der Waals surface area contributed by atoms with Gasteiger partial charge in [0.25, 0.3) is 0 Å². The molecule has 2 atom stereocenters. The molecule has 0 bridgehead atoms. The van der Waals surface area contributed by atoms with Crippen LogP contribution in [0.2, 0.25) is 5.02 Å². The highest BCUT2D eigenvalue weighted by molar-refractivity contribution is 6.34. The smallest absolute Gasteiger partial charge is 0.154 e. The summed E-state index contributed by atoms with van der Waals surface area (Å²) in [4.78, 5) is 16.5. The average Bonchev–Trinajstić information content (AvgIpc) is 2.67. The van der Waals surface area contributed by atoms with Crippen molar-refractivity contribution < 1.29 is 4.79 Å². The average molecular weight is 402 g/mol. The van der Waals surface area contributed by atoms with E-state index in [9.17, 15) is 4.79 Å². The number of rotatable bonds is 7. The Morgan fingerprint density at radius 3 is 2.75 bits per heavy atom. The minimum absolute atomic E-state index is 0.0679. The molecule has 1 aromatic heterocycles. The SMILES string of the molecule is CNCc1c(Cl)c(NC2CCCCC2N)nc(Nc2cccc(C)c2)c1C=O. The molecule has 1 saturated carbocycles. The summed E-state index contributed by atoms with van der Waals surface area (Å²) in [5, 5.41) is 10.3. The summed E-state index contributed by atoms with van der Waals surface area (Å²) in [7, 11) is 1.82. The standard InChI is InChI=1S/C21H28ClN5O/c1-13-6-5-7-14(10-13)25-20-16(12-28)15(11-24-2)19(22)21(27-20)26-18-9-4-3-8-17(18)23/h5-7,10,12,17-18,24H,3-4,8-9,11,23H2,1-2H3,(H2,25,26,27). The molecule has 6 nitrogen and oxygen atoms in total. The molecular formula is C21H28ClN5O. The van der Waals surface area contributed by atoms with Crippen LogP contribution in [0.5, 0.6) is 0 Å². The second-order valence-corrected chi connectivity index (χ2v) is 7.73. The summed E-state index contributed by atoms with van der Waals surface area (Å²) >= 11 is 6.65. The van der Waals surface area contributed by atoms with E-state index in [0.29, 0.717) is 28.8 Å². The van der Waals surface area contributed by atoms with Gasteiger partial charge in [0.1, 0.15) is 11.6 Å². The lowest BCUT2D eigenvalue weighted by Crippen LogP contribution is -2.42. The van der Waals surface area contributed by atoms with E-state index >= 15 is 0 Å². The zero-order valence-corrected chi connectivity index (χ0v) is 17.1. The first-order chi connectivity index (χ1) is 13.5. The monoisotopic (exact) mass is 401 g/mol. The second-order valence-electron chi connectivity index (χ2n) is 7.36. The maximum absolute atomic E-state index is 11.9. The molecule has 2 unspecified atom stereocenters. The third kappa shape index (κ3) is 4.63. The first-order valence-corrected chi connectivity index (χ1v) is 10.1. The number of nitrogens with zero attached hydrogens (tertiary/aromatic N) is 1. The molecule has 1 heterocycles. The lowest BCUT2D eigenvalue weighted by molar-refractivity contribution is 0.112. The van der Waals surface area contributed by atoms with Gasteiger partial charge >= 0.3 is 0 Å². The van der Waals surface area contributed by atoms with E-state index in [1.54, 1.807) is 0 Å². The Morgan fingerprint density at radius 2 is 2.07 bits per heavy atom. The van der Waals surface area contributed by atoms with E-state index in [0.717, 1.165) is 48.8 Å². The zero-order chi connectivity index (χ0) is 20.1. The molecule has 0 saturated heterocycles. The Bertz CT molecular complexity index is 842. The van der Waals surface area contributed by atoms with Crippen LogP contribution in [0.25, 0.3) is 0 Å². The number of carbonyl (C=O) groups excluding carboxylic acids is 1. The topological polar surface area (TPSA) is 92.1 Å². The van der Waals surface area contributed by atoms with Crippen LogP contribution in [0.3, 0.4) is 0 Å². The van der Waals surface area contributed by atoms with E-state index in [2.05, 4.69) is 20.9 Å². The Hall–Kier alpha value is -2.15. The number of nitrogens with two attached hydrogens (primary N) is 1. The number of benzene rings is 1. The number of hydrogen-bond acceptors (Lipinski definition) is 6. The predicted molar refractivity (Wildman–Crippen MR) is 116 cm³/mol. The fourth-order valence-corrected chi connectivity index (χ4v) is 3.93. The Kier molecular flexibility index (Phi) is 6.88. The van der Waals surface area contributed by atoms with Gasteiger partial charge in [-0.3, -0.25) is 4.79 Å². The normalized spacial score (nSPS) is 19.3. The third-order valence-electron chi connectivity index (χ3n) is 5.17. The van der Waals surface area contributed by atoms with E-state index in [1.165, 1.54) is 0 Å². The molecular weight excluding hydrogens is 374 g/mol. The van der Waals surface area contributed by atoms with Gasteiger partial charge in [-0.25, -0.2) is 4.98 Å². The van der Waals surface area contributed by atoms with Crippen molar-refractivity contribution in [1.29, 1.82) is 0 Å². The van der Waals surface area contributed by atoms with E-state index in [1.807, 2.05) is 38.2 Å². The number of aldehydes is 1. The van der Waals surface area contributed by atoms with E-state index < -0.39 is 0 Å². The number of halogens is 1. The molecule has 1 aliphatic rings. The summed E-state index contributed by atoms with van der Waals surface area (Å²) in [6, 6.07) is 8.12. The molecule has 1 aliphatic carbocycles. The molecule has 28 heavy (non-hydrogen) atoms. The molecule has 7 heteroatoms. The summed E-state index contributed by atoms with van der Waals surface area (Å²) in [6.07, 6.45) is 5.05. The minimum Gasteiger partial charge on any atom is -0.364 e. The van der Waals surface area contributed by atoms with Crippen LogP contribution < -0.4 is 21.7 Å². The molecule has 3 rings (SSSR count). The van der Waals surface area contributed by atoms with Gasteiger partial charge in [0.2, 0.25) is 0 Å². The number of anilines is 3. The van der Waals surface area contributed by atoms with Crippen LogP contribution in [-0.2, 0) is 6.54 Å². The fourth-order valence-electron chi connectivity index (χ4n) is 3.67. The zero-order valence-electron chi connectivity index (χ0n) is 16.4. The second kappa shape index (κ2) is 9.37. The van der Waals surface area contributed by atoms with Gasteiger partial charge in [-0.2, -0.15) is 0 Å². The largest absolute Gasteiger partial charge is 0.364 e. The summed E-state index contributed by atoms with van der Waals surface area (Å²) < 4.78 is 0. The Balaban J connectivity index is 2.01. The van der Waals surface area contributed by atoms with Crippen molar-refractivity contribution in [2.24, 2.45) is 5.73 Å².